The first-order valence-corrected chi connectivity index (χ1v) is 10.9. The highest BCUT2D eigenvalue weighted by Gasteiger charge is 2.39. The van der Waals surface area contributed by atoms with Gasteiger partial charge >= 0.3 is 14.9 Å². The van der Waals surface area contributed by atoms with Gasteiger partial charge in [-0.1, -0.05) is 6.07 Å². The molecule has 0 radical (unpaired) electrons. The molecule has 7 nitrogen and oxygen atoms in total. The second-order valence-electron chi connectivity index (χ2n) is 5.26. The number of amides is 1. The van der Waals surface area contributed by atoms with E-state index in [1.54, 1.807) is 0 Å². The number of hydrogen-bond donors (Lipinski definition) is 1. The number of carbonyl (C=O) groups is 1. The maximum atomic E-state index is 11.7. The molecule has 25 heavy (non-hydrogen) atoms. The van der Waals surface area contributed by atoms with Crippen LogP contribution in [0.3, 0.4) is 0 Å². The van der Waals surface area contributed by atoms with E-state index < -0.39 is 14.9 Å². The Morgan fingerprint density at radius 2 is 1.60 bits per heavy atom. The minimum absolute atomic E-state index is 0.329. The van der Waals surface area contributed by atoms with Crippen molar-refractivity contribution >= 4 is 14.9 Å². The molecule has 1 N–H and O–H groups in total. The smallest absolute Gasteiger partial charge is 0.443 e. The van der Waals surface area contributed by atoms with Crippen molar-refractivity contribution in [3.05, 3.63) is 30.6 Å². The van der Waals surface area contributed by atoms with Crippen LogP contribution in [0, 0.1) is 0 Å². The van der Waals surface area contributed by atoms with Crippen molar-refractivity contribution in [3.8, 4) is 0 Å². The van der Waals surface area contributed by atoms with Crippen LogP contribution in [0.15, 0.2) is 30.6 Å². The molecule has 0 atom stereocenters. The molecule has 8 heteroatoms. The van der Waals surface area contributed by atoms with Crippen molar-refractivity contribution in [1.82, 2.24) is 5.32 Å². The van der Waals surface area contributed by atoms with Gasteiger partial charge in [0.15, 0.2) is 25.5 Å². The summed E-state index contributed by atoms with van der Waals surface area (Å²) in [5.41, 5.74) is 0. The van der Waals surface area contributed by atoms with Gasteiger partial charge in [-0.3, -0.25) is 0 Å². The number of hydrogen-bond acceptors (Lipinski definition) is 5. The number of nitrogens with zero attached hydrogens (tertiary/aromatic N) is 1. The molecule has 1 rings (SSSR count). The summed E-state index contributed by atoms with van der Waals surface area (Å²) in [6.45, 7) is 8.91. The zero-order valence-electron chi connectivity index (χ0n) is 15.5. The minimum atomic E-state index is -2.63. The fourth-order valence-corrected chi connectivity index (χ4v) is 4.99. The molecular weight excluding hydrogens is 340 g/mol. The average molecular weight is 372 g/mol. The van der Waals surface area contributed by atoms with Gasteiger partial charge in [0.1, 0.15) is 0 Å². The van der Waals surface area contributed by atoms with Crippen LogP contribution in [0.4, 0.5) is 4.79 Å². The molecule has 0 aliphatic rings. The van der Waals surface area contributed by atoms with Gasteiger partial charge in [0.2, 0.25) is 0 Å². The quantitative estimate of drug-likeness (QED) is 0.327. The van der Waals surface area contributed by atoms with Gasteiger partial charge in [0, 0.05) is 44.5 Å². The lowest BCUT2D eigenvalue weighted by atomic mass is 10.5. The first-order chi connectivity index (χ1) is 12.2. The highest BCUT2D eigenvalue weighted by atomic mass is 28.4. The van der Waals surface area contributed by atoms with Crippen molar-refractivity contribution in [3.63, 3.8) is 0 Å². The molecule has 0 aromatic carbocycles. The van der Waals surface area contributed by atoms with E-state index in [0.29, 0.717) is 45.6 Å². The fraction of sp³-hybridized carbons (Fsp3) is 0.647. The van der Waals surface area contributed by atoms with Crippen LogP contribution >= 0.6 is 0 Å². The topological polar surface area (TPSA) is 69.9 Å². The number of pyridine rings is 1. The van der Waals surface area contributed by atoms with Gasteiger partial charge in [-0.15, -0.1) is 0 Å². The SMILES string of the molecule is CCO[Si](CCCNC(=O)OCC[n+]1ccccc1)(OCC)OCC. The highest BCUT2D eigenvalue weighted by Crippen LogP contribution is 2.17. The standard InChI is InChI=1S/C17H30N2O5Si/c1-4-22-25(23-5-2,24-6-3)16-10-11-18-17(20)21-15-14-19-12-8-7-9-13-19/h7-9,12-13H,4-6,10-11,14-16H2,1-3H3/p+1. The van der Waals surface area contributed by atoms with E-state index in [4.69, 9.17) is 18.0 Å². The maximum Gasteiger partial charge on any atom is 0.500 e. The Balaban J connectivity index is 2.24. The van der Waals surface area contributed by atoms with Crippen LogP contribution in [0.5, 0.6) is 0 Å². The number of aromatic nitrogens is 1. The van der Waals surface area contributed by atoms with E-state index in [1.807, 2.05) is 55.9 Å². The predicted molar refractivity (Wildman–Crippen MR) is 96.0 cm³/mol. The Morgan fingerprint density at radius 3 is 2.16 bits per heavy atom. The zero-order chi connectivity index (χ0) is 18.4. The molecule has 1 aromatic rings. The van der Waals surface area contributed by atoms with Crippen molar-refractivity contribution in [2.24, 2.45) is 0 Å². The molecule has 0 aliphatic carbocycles. The molecule has 1 heterocycles. The van der Waals surface area contributed by atoms with Gasteiger partial charge in [0.05, 0.1) is 0 Å². The number of ether oxygens (including phenoxy) is 1. The molecule has 142 valence electrons. The summed E-state index contributed by atoms with van der Waals surface area (Å²) in [5.74, 6) is 0. The third-order valence-corrected chi connectivity index (χ3v) is 6.53. The van der Waals surface area contributed by atoms with Gasteiger partial charge in [0.25, 0.3) is 0 Å². The average Bonchev–Trinajstić information content (AvgIpc) is 2.60. The van der Waals surface area contributed by atoms with Crippen LogP contribution in [-0.2, 0) is 24.6 Å². The number of rotatable bonds is 13. The van der Waals surface area contributed by atoms with Gasteiger partial charge in [-0.2, -0.15) is 0 Å². The lowest BCUT2D eigenvalue weighted by Gasteiger charge is -2.28. The van der Waals surface area contributed by atoms with Crippen LogP contribution in [0.2, 0.25) is 6.04 Å². The Morgan fingerprint density at radius 1 is 1.00 bits per heavy atom. The molecule has 0 bridgehead atoms. The fourth-order valence-electron chi connectivity index (χ4n) is 2.37. The summed E-state index contributed by atoms with van der Waals surface area (Å²) < 4.78 is 24.5. The molecule has 0 fully saturated rings. The molecule has 1 amide bonds. The lowest BCUT2D eigenvalue weighted by molar-refractivity contribution is -0.697. The van der Waals surface area contributed by atoms with E-state index in [0.717, 1.165) is 6.42 Å². The number of nitrogens with one attached hydrogen (secondary N) is 1. The normalized spacial score (nSPS) is 11.3. The Hall–Kier alpha value is -1.48. The second kappa shape index (κ2) is 12.8. The molecule has 0 saturated heterocycles. The predicted octanol–water partition coefficient (Wildman–Crippen LogP) is 2.14. The van der Waals surface area contributed by atoms with Crippen molar-refractivity contribution in [2.75, 3.05) is 33.0 Å². The lowest BCUT2D eigenvalue weighted by Crippen LogP contribution is -2.46. The first kappa shape index (κ1) is 21.6. The number of alkyl carbamates (subject to hydrolysis) is 1. The minimum Gasteiger partial charge on any atom is -0.443 e. The van der Waals surface area contributed by atoms with Crippen molar-refractivity contribution in [2.45, 2.75) is 39.8 Å². The van der Waals surface area contributed by atoms with E-state index >= 15 is 0 Å². The van der Waals surface area contributed by atoms with Crippen LogP contribution in [0.1, 0.15) is 27.2 Å². The largest absolute Gasteiger partial charge is 0.500 e. The van der Waals surface area contributed by atoms with E-state index in [-0.39, 0.29) is 0 Å². The summed E-state index contributed by atoms with van der Waals surface area (Å²) >= 11 is 0. The summed E-state index contributed by atoms with van der Waals surface area (Å²) in [4.78, 5) is 11.7. The molecule has 0 aliphatic heterocycles. The second-order valence-corrected chi connectivity index (χ2v) is 7.99. The summed E-state index contributed by atoms with van der Waals surface area (Å²) in [7, 11) is -2.63. The monoisotopic (exact) mass is 371 g/mol. The third kappa shape index (κ3) is 8.96. The maximum absolute atomic E-state index is 11.7. The molecular formula is C17H31N2O5Si+. The summed E-state index contributed by atoms with van der Waals surface area (Å²) in [6.07, 6.45) is 4.17. The zero-order valence-corrected chi connectivity index (χ0v) is 16.5. The molecule has 0 unspecified atom stereocenters. The number of carbonyl (C=O) groups excluding carboxylic acids is 1. The molecule has 1 aromatic heterocycles. The molecule has 0 saturated carbocycles. The summed E-state index contributed by atoms with van der Waals surface area (Å²) in [5, 5.41) is 2.75. The highest BCUT2D eigenvalue weighted by molar-refractivity contribution is 6.60. The van der Waals surface area contributed by atoms with Crippen molar-refractivity contribution in [1.29, 1.82) is 0 Å². The summed E-state index contributed by atoms with van der Waals surface area (Å²) in [6, 6.07) is 6.49. The van der Waals surface area contributed by atoms with Crippen molar-refractivity contribution < 1.29 is 27.4 Å². The Labute approximate surface area is 151 Å². The van der Waals surface area contributed by atoms with E-state index in [1.165, 1.54) is 0 Å². The van der Waals surface area contributed by atoms with Gasteiger partial charge < -0.3 is 23.3 Å². The van der Waals surface area contributed by atoms with Crippen LogP contribution in [0.25, 0.3) is 0 Å². The van der Waals surface area contributed by atoms with Crippen LogP contribution < -0.4 is 9.88 Å². The first-order valence-electron chi connectivity index (χ1n) is 8.92. The van der Waals surface area contributed by atoms with E-state index in [9.17, 15) is 4.79 Å². The van der Waals surface area contributed by atoms with Gasteiger partial charge in [-0.05, 0) is 27.2 Å². The van der Waals surface area contributed by atoms with E-state index in [2.05, 4.69) is 5.32 Å². The molecule has 0 spiro atoms. The van der Waals surface area contributed by atoms with Gasteiger partial charge in [-0.25, -0.2) is 9.36 Å². The Bertz CT molecular complexity index is 458. The third-order valence-electron chi connectivity index (χ3n) is 3.38. The van der Waals surface area contributed by atoms with Crippen LogP contribution in [-0.4, -0.2) is 47.9 Å². The Kier molecular flexibility index (Phi) is 11.1.